The van der Waals surface area contributed by atoms with E-state index in [1.165, 1.54) is 4.90 Å². The lowest BCUT2D eigenvalue weighted by Gasteiger charge is -2.27. The summed E-state index contributed by atoms with van der Waals surface area (Å²) in [4.78, 5) is 38.2. The van der Waals surface area contributed by atoms with Crippen molar-refractivity contribution in [1.29, 1.82) is 0 Å². The first-order valence-corrected chi connectivity index (χ1v) is 10.0. The molecule has 0 radical (unpaired) electrons. The molecule has 1 fully saturated rings. The molecule has 8 heteroatoms. The van der Waals surface area contributed by atoms with Crippen molar-refractivity contribution in [2.45, 2.75) is 27.7 Å². The van der Waals surface area contributed by atoms with E-state index in [0.29, 0.717) is 18.7 Å². The number of hydrogen-bond donors (Lipinski definition) is 1. The van der Waals surface area contributed by atoms with E-state index in [1.54, 1.807) is 32.1 Å². The molecule has 0 atom stereocenters. The van der Waals surface area contributed by atoms with Crippen molar-refractivity contribution in [3.05, 3.63) is 58.4 Å². The largest absolute Gasteiger partial charge is 0.462 e. The molecule has 7 nitrogen and oxygen atoms in total. The van der Waals surface area contributed by atoms with Crippen molar-refractivity contribution in [3.8, 4) is 5.69 Å². The molecule has 0 aliphatic carbocycles. The summed E-state index contributed by atoms with van der Waals surface area (Å²) >= 11 is 5.07. The quantitative estimate of drug-likeness (QED) is 0.345. The Bertz CT molecular complexity index is 1070. The monoisotopic (exact) mass is 425 g/mol. The summed E-state index contributed by atoms with van der Waals surface area (Å²) in [5.41, 5.74) is 3.92. The summed E-state index contributed by atoms with van der Waals surface area (Å²) in [6.45, 7) is 8.10. The Hall–Kier alpha value is -3.26. The highest BCUT2D eigenvalue weighted by Gasteiger charge is 2.32. The van der Waals surface area contributed by atoms with Crippen LogP contribution in [0.5, 0.6) is 0 Å². The Morgan fingerprint density at radius 2 is 1.83 bits per heavy atom. The van der Waals surface area contributed by atoms with Crippen LogP contribution in [0.1, 0.15) is 41.2 Å². The van der Waals surface area contributed by atoms with Crippen LogP contribution in [0, 0.1) is 13.8 Å². The molecular formula is C22H23N3O4S. The fraction of sp³-hybridized carbons (Fsp3) is 0.273. The minimum Gasteiger partial charge on any atom is -0.462 e. The molecule has 1 aliphatic rings. The highest BCUT2D eigenvalue weighted by atomic mass is 32.1. The topological polar surface area (TPSA) is 80.6 Å². The van der Waals surface area contributed by atoms with E-state index in [2.05, 4.69) is 5.32 Å². The molecule has 1 aromatic heterocycles. The zero-order valence-electron chi connectivity index (χ0n) is 17.3. The normalized spacial score (nSPS) is 15.5. The van der Waals surface area contributed by atoms with E-state index >= 15 is 0 Å². The standard InChI is InChI=1S/C22H23N3O4S/c1-5-24-20(27)18(19(26)23-22(24)30)12-16-11-13(3)25(14(16)4)17-9-7-15(8-10-17)21(28)29-6-2/h7-12H,5-6H2,1-4H3,(H,23,26,30)/b18-12-. The summed E-state index contributed by atoms with van der Waals surface area (Å²) in [5.74, 6) is -1.27. The third kappa shape index (κ3) is 3.91. The number of thiocarbonyl (C=S) groups is 1. The number of nitrogens with one attached hydrogen (secondary N) is 1. The summed E-state index contributed by atoms with van der Waals surface area (Å²) in [6.07, 6.45) is 1.59. The number of aromatic nitrogens is 1. The van der Waals surface area contributed by atoms with Gasteiger partial charge in [-0.2, -0.15) is 0 Å². The molecule has 2 aromatic rings. The molecule has 0 unspecified atom stereocenters. The van der Waals surface area contributed by atoms with Gasteiger partial charge in [0.2, 0.25) is 0 Å². The van der Waals surface area contributed by atoms with Crippen LogP contribution in [0.2, 0.25) is 0 Å². The number of aryl methyl sites for hydroxylation is 1. The van der Waals surface area contributed by atoms with Gasteiger partial charge in [0, 0.05) is 23.6 Å². The van der Waals surface area contributed by atoms with Crippen LogP contribution in [0.25, 0.3) is 11.8 Å². The van der Waals surface area contributed by atoms with Gasteiger partial charge in [-0.15, -0.1) is 0 Å². The van der Waals surface area contributed by atoms with Crippen molar-refractivity contribution in [1.82, 2.24) is 14.8 Å². The van der Waals surface area contributed by atoms with Crippen LogP contribution in [0.3, 0.4) is 0 Å². The molecule has 0 bridgehead atoms. The van der Waals surface area contributed by atoms with Crippen LogP contribution in [-0.4, -0.2) is 45.5 Å². The van der Waals surface area contributed by atoms with Crippen LogP contribution in [0.4, 0.5) is 0 Å². The molecule has 3 rings (SSSR count). The predicted octanol–water partition coefficient (Wildman–Crippen LogP) is 2.92. The first-order chi connectivity index (χ1) is 14.3. The van der Waals surface area contributed by atoms with Gasteiger partial charge in [-0.3, -0.25) is 19.8 Å². The van der Waals surface area contributed by atoms with E-state index in [9.17, 15) is 14.4 Å². The summed E-state index contributed by atoms with van der Waals surface area (Å²) in [5, 5.41) is 2.68. The number of likely N-dealkylation sites (N-methyl/N-ethyl adjacent to an activating group) is 1. The molecular weight excluding hydrogens is 402 g/mol. The zero-order valence-corrected chi connectivity index (χ0v) is 18.1. The second-order valence-corrected chi connectivity index (χ2v) is 7.18. The van der Waals surface area contributed by atoms with Gasteiger partial charge in [0.05, 0.1) is 12.2 Å². The van der Waals surface area contributed by atoms with Gasteiger partial charge in [-0.1, -0.05) is 0 Å². The van der Waals surface area contributed by atoms with E-state index in [1.807, 2.05) is 36.6 Å². The van der Waals surface area contributed by atoms with Crippen molar-refractivity contribution in [3.63, 3.8) is 0 Å². The van der Waals surface area contributed by atoms with E-state index in [4.69, 9.17) is 17.0 Å². The maximum Gasteiger partial charge on any atom is 0.338 e. The number of carbonyl (C=O) groups excluding carboxylic acids is 3. The van der Waals surface area contributed by atoms with Gasteiger partial charge < -0.3 is 9.30 Å². The third-order valence-electron chi connectivity index (χ3n) is 4.91. The van der Waals surface area contributed by atoms with Crippen molar-refractivity contribution in [2.24, 2.45) is 0 Å². The van der Waals surface area contributed by atoms with E-state index in [-0.39, 0.29) is 16.7 Å². The molecule has 1 saturated heterocycles. The minimum atomic E-state index is -0.502. The second-order valence-electron chi connectivity index (χ2n) is 6.80. The molecule has 0 spiro atoms. The number of rotatable bonds is 5. The van der Waals surface area contributed by atoms with E-state index < -0.39 is 11.8 Å². The van der Waals surface area contributed by atoms with Gasteiger partial charge >= 0.3 is 5.97 Å². The van der Waals surface area contributed by atoms with Crippen molar-refractivity contribution < 1.29 is 19.1 Å². The first-order valence-electron chi connectivity index (χ1n) is 9.63. The molecule has 2 heterocycles. The lowest BCUT2D eigenvalue weighted by Crippen LogP contribution is -2.53. The maximum atomic E-state index is 12.7. The number of ether oxygens (including phenoxy) is 1. The minimum absolute atomic E-state index is 0.0448. The molecule has 30 heavy (non-hydrogen) atoms. The number of esters is 1. The lowest BCUT2D eigenvalue weighted by atomic mass is 10.1. The van der Waals surface area contributed by atoms with Crippen LogP contribution < -0.4 is 5.32 Å². The van der Waals surface area contributed by atoms with Crippen molar-refractivity contribution in [2.75, 3.05) is 13.2 Å². The second kappa shape index (κ2) is 8.62. The van der Waals surface area contributed by atoms with Crippen LogP contribution in [0.15, 0.2) is 35.9 Å². The van der Waals surface area contributed by atoms with Gasteiger partial charge in [-0.25, -0.2) is 4.79 Å². The maximum absolute atomic E-state index is 12.7. The number of amides is 2. The fourth-order valence-corrected chi connectivity index (χ4v) is 3.73. The molecule has 1 aliphatic heterocycles. The fourth-order valence-electron chi connectivity index (χ4n) is 3.43. The van der Waals surface area contributed by atoms with Gasteiger partial charge in [0.25, 0.3) is 11.8 Å². The molecule has 156 valence electrons. The summed E-state index contributed by atoms with van der Waals surface area (Å²) in [7, 11) is 0. The Kier molecular flexibility index (Phi) is 6.17. The van der Waals surface area contributed by atoms with Gasteiger partial charge in [0.1, 0.15) is 5.57 Å². The zero-order chi connectivity index (χ0) is 22.0. The summed E-state index contributed by atoms with van der Waals surface area (Å²) in [6, 6.07) is 8.99. The Balaban J connectivity index is 1.97. The average molecular weight is 426 g/mol. The Labute approximate surface area is 180 Å². The lowest BCUT2D eigenvalue weighted by molar-refractivity contribution is -0.128. The Morgan fingerprint density at radius 1 is 1.17 bits per heavy atom. The smallest absolute Gasteiger partial charge is 0.338 e. The van der Waals surface area contributed by atoms with E-state index in [0.717, 1.165) is 22.6 Å². The SMILES string of the molecule is CCOC(=O)c1ccc(-n2c(C)cc(/C=C3/C(=O)NC(=S)N(CC)C3=O)c2C)cc1. The molecule has 2 amide bonds. The third-order valence-corrected chi connectivity index (χ3v) is 5.23. The van der Waals surface area contributed by atoms with Crippen molar-refractivity contribution >= 4 is 41.2 Å². The van der Waals surface area contributed by atoms with Gasteiger partial charge in [0.15, 0.2) is 5.11 Å². The number of carbonyl (C=O) groups is 3. The van der Waals surface area contributed by atoms with Gasteiger partial charge in [-0.05, 0) is 81.9 Å². The molecule has 1 aromatic carbocycles. The highest BCUT2D eigenvalue weighted by Crippen LogP contribution is 2.24. The number of nitrogens with zero attached hydrogens (tertiary/aromatic N) is 2. The number of benzene rings is 1. The van der Waals surface area contributed by atoms with Crippen LogP contribution >= 0.6 is 12.2 Å². The molecule has 0 saturated carbocycles. The average Bonchev–Trinajstić information content (AvgIpc) is 2.98. The predicted molar refractivity (Wildman–Crippen MR) is 117 cm³/mol. The van der Waals surface area contributed by atoms with Crippen LogP contribution in [-0.2, 0) is 14.3 Å². The Morgan fingerprint density at radius 3 is 2.43 bits per heavy atom. The summed E-state index contributed by atoms with van der Waals surface area (Å²) < 4.78 is 7.01. The first kappa shape index (κ1) is 21.4. The number of hydrogen-bond acceptors (Lipinski definition) is 5. The highest BCUT2D eigenvalue weighted by molar-refractivity contribution is 7.80. The molecule has 1 N–H and O–H groups in total.